The van der Waals surface area contributed by atoms with Crippen molar-refractivity contribution in [3.05, 3.63) is 70.8 Å². The molecule has 1 amide bonds. The lowest BCUT2D eigenvalue weighted by atomic mass is 10.1. The molecular weight excluding hydrogens is 477 g/mol. The molecule has 2 N–H and O–H groups in total. The van der Waals surface area contributed by atoms with Crippen molar-refractivity contribution in [1.29, 1.82) is 0 Å². The van der Waals surface area contributed by atoms with E-state index in [1.54, 1.807) is 33.3 Å². The lowest BCUT2D eigenvalue weighted by Gasteiger charge is -2.13. The molecule has 0 aliphatic rings. The highest BCUT2D eigenvalue weighted by Gasteiger charge is 2.07. The van der Waals surface area contributed by atoms with Gasteiger partial charge in [0.2, 0.25) is 0 Å². The summed E-state index contributed by atoms with van der Waals surface area (Å²) in [6, 6.07) is 10.8. The van der Waals surface area contributed by atoms with Crippen LogP contribution in [0.15, 0.2) is 47.5 Å². The summed E-state index contributed by atoms with van der Waals surface area (Å²) in [5.74, 6) is -0.617. The molecule has 0 unspecified atom stereocenters. The second-order valence-electron chi connectivity index (χ2n) is 6.28. The Bertz CT molecular complexity index is 790. The molecular formula is C20H25F2IN4O. The Labute approximate surface area is 181 Å². The second kappa shape index (κ2) is 11.6. The molecule has 2 aromatic carbocycles. The van der Waals surface area contributed by atoms with Crippen molar-refractivity contribution in [3.63, 3.8) is 0 Å². The maximum Gasteiger partial charge on any atom is 0.253 e. The molecule has 0 bridgehead atoms. The Morgan fingerprint density at radius 1 is 1.00 bits per heavy atom. The Morgan fingerprint density at radius 2 is 1.61 bits per heavy atom. The quantitative estimate of drug-likeness (QED) is 0.363. The molecule has 0 saturated carbocycles. The van der Waals surface area contributed by atoms with Crippen LogP contribution in [0.3, 0.4) is 0 Å². The number of guanidine groups is 1. The molecule has 0 heterocycles. The van der Waals surface area contributed by atoms with Gasteiger partial charge in [-0.1, -0.05) is 12.1 Å². The summed E-state index contributed by atoms with van der Waals surface area (Å²) in [5, 5.41) is 6.27. The Morgan fingerprint density at radius 3 is 2.14 bits per heavy atom. The van der Waals surface area contributed by atoms with Gasteiger partial charge < -0.3 is 15.5 Å². The van der Waals surface area contributed by atoms with Gasteiger partial charge in [-0.05, 0) is 41.8 Å². The number of hydrogen-bond acceptors (Lipinski definition) is 2. The maximum absolute atomic E-state index is 13.2. The van der Waals surface area contributed by atoms with Crippen LogP contribution in [-0.2, 0) is 13.0 Å². The van der Waals surface area contributed by atoms with Crippen LogP contribution in [0.4, 0.5) is 8.78 Å². The number of nitrogens with one attached hydrogen (secondary N) is 2. The Hall–Kier alpha value is -2.23. The summed E-state index contributed by atoms with van der Waals surface area (Å²) in [5.41, 5.74) is 2.21. The summed E-state index contributed by atoms with van der Waals surface area (Å²) in [4.78, 5) is 17.5. The standard InChI is InChI=1S/C20H24F2N4O.HI/c1-23-20(24-9-8-15-10-17(21)12-18(22)11-15)25-13-14-4-6-16(7-5-14)19(27)26(2)3;/h4-7,10-12H,8-9,13H2,1-3H3,(H2,23,24,25);1H. The minimum absolute atomic E-state index is 0. The largest absolute Gasteiger partial charge is 0.356 e. The van der Waals surface area contributed by atoms with Crippen LogP contribution in [0.2, 0.25) is 0 Å². The Balaban J connectivity index is 0.00000392. The molecule has 0 saturated heterocycles. The topological polar surface area (TPSA) is 56.7 Å². The first-order valence-electron chi connectivity index (χ1n) is 8.59. The molecule has 28 heavy (non-hydrogen) atoms. The van der Waals surface area contributed by atoms with Crippen molar-refractivity contribution in [1.82, 2.24) is 15.5 Å². The van der Waals surface area contributed by atoms with Crippen LogP contribution >= 0.6 is 24.0 Å². The molecule has 5 nitrogen and oxygen atoms in total. The van der Waals surface area contributed by atoms with Crippen LogP contribution in [0, 0.1) is 11.6 Å². The van der Waals surface area contributed by atoms with E-state index in [4.69, 9.17) is 0 Å². The van der Waals surface area contributed by atoms with Crippen LogP contribution in [-0.4, -0.2) is 44.5 Å². The molecule has 2 rings (SSSR count). The van der Waals surface area contributed by atoms with Crippen LogP contribution in [0.1, 0.15) is 21.5 Å². The molecule has 2 aromatic rings. The molecule has 8 heteroatoms. The van der Waals surface area contributed by atoms with E-state index >= 15 is 0 Å². The van der Waals surface area contributed by atoms with E-state index in [1.165, 1.54) is 17.0 Å². The van der Waals surface area contributed by atoms with E-state index in [1.807, 2.05) is 12.1 Å². The SMILES string of the molecule is CN=C(NCCc1cc(F)cc(F)c1)NCc1ccc(C(=O)N(C)C)cc1.I. The number of benzene rings is 2. The summed E-state index contributed by atoms with van der Waals surface area (Å²) in [7, 11) is 5.08. The molecule has 0 spiro atoms. The highest BCUT2D eigenvalue weighted by atomic mass is 127. The highest BCUT2D eigenvalue weighted by Crippen LogP contribution is 2.08. The van der Waals surface area contributed by atoms with Gasteiger partial charge >= 0.3 is 0 Å². The lowest BCUT2D eigenvalue weighted by molar-refractivity contribution is 0.0827. The minimum atomic E-state index is -0.580. The zero-order valence-corrected chi connectivity index (χ0v) is 18.5. The van der Waals surface area contributed by atoms with Crippen molar-refractivity contribution in [2.45, 2.75) is 13.0 Å². The first-order valence-corrected chi connectivity index (χ1v) is 8.59. The van der Waals surface area contributed by atoms with Gasteiger partial charge in [-0.2, -0.15) is 0 Å². The number of amides is 1. The summed E-state index contributed by atoms with van der Waals surface area (Å²) in [6.07, 6.45) is 0.469. The maximum atomic E-state index is 13.2. The predicted octanol–water partition coefficient (Wildman–Crippen LogP) is 3.19. The summed E-state index contributed by atoms with van der Waals surface area (Å²) >= 11 is 0. The monoisotopic (exact) mass is 502 g/mol. The lowest BCUT2D eigenvalue weighted by Crippen LogP contribution is -2.37. The molecule has 0 radical (unpaired) electrons. The van der Waals surface area contributed by atoms with Gasteiger partial charge in [0, 0.05) is 45.9 Å². The zero-order valence-electron chi connectivity index (χ0n) is 16.1. The smallest absolute Gasteiger partial charge is 0.253 e. The van der Waals surface area contributed by atoms with E-state index in [2.05, 4.69) is 15.6 Å². The van der Waals surface area contributed by atoms with E-state index < -0.39 is 11.6 Å². The van der Waals surface area contributed by atoms with E-state index in [0.29, 0.717) is 36.6 Å². The van der Waals surface area contributed by atoms with Crippen LogP contribution < -0.4 is 10.6 Å². The normalized spacial score (nSPS) is 10.8. The molecule has 0 aromatic heterocycles. The fourth-order valence-corrected chi connectivity index (χ4v) is 2.51. The van der Waals surface area contributed by atoms with E-state index in [-0.39, 0.29) is 29.9 Å². The first-order chi connectivity index (χ1) is 12.9. The van der Waals surface area contributed by atoms with Gasteiger partial charge in [-0.15, -0.1) is 24.0 Å². The first kappa shape index (κ1) is 23.8. The van der Waals surface area contributed by atoms with Crippen molar-refractivity contribution in [3.8, 4) is 0 Å². The Kier molecular flexibility index (Phi) is 9.84. The van der Waals surface area contributed by atoms with Crippen molar-refractivity contribution < 1.29 is 13.6 Å². The second-order valence-corrected chi connectivity index (χ2v) is 6.28. The molecule has 0 fully saturated rings. The average molecular weight is 502 g/mol. The van der Waals surface area contributed by atoms with Crippen molar-refractivity contribution in [2.75, 3.05) is 27.7 Å². The molecule has 0 aliphatic heterocycles. The third-order valence-corrected chi connectivity index (χ3v) is 3.92. The third kappa shape index (κ3) is 7.41. The van der Waals surface area contributed by atoms with Gasteiger partial charge in [0.15, 0.2) is 5.96 Å². The summed E-state index contributed by atoms with van der Waals surface area (Å²) in [6.45, 7) is 1.02. The zero-order chi connectivity index (χ0) is 19.8. The number of hydrogen-bond donors (Lipinski definition) is 2. The number of nitrogens with zero attached hydrogens (tertiary/aromatic N) is 2. The van der Waals surface area contributed by atoms with Gasteiger partial charge in [0.25, 0.3) is 5.91 Å². The third-order valence-electron chi connectivity index (χ3n) is 3.92. The number of rotatable bonds is 6. The van der Waals surface area contributed by atoms with E-state index in [9.17, 15) is 13.6 Å². The van der Waals surface area contributed by atoms with Gasteiger partial charge in [0.05, 0.1) is 0 Å². The fraction of sp³-hybridized carbons (Fsp3) is 0.300. The fourth-order valence-electron chi connectivity index (χ4n) is 2.51. The van der Waals surface area contributed by atoms with Crippen molar-refractivity contribution in [2.24, 2.45) is 4.99 Å². The number of aliphatic imine (C=N–C) groups is 1. The number of carbonyl (C=O) groups is 1. The molecule has 0 aliphatic carbocycles. The number of carbonyl (C=O) groups excluding carboxylic acids is 1. The average Bonchev–Trinajstić information content (AvgIpc) is 2.63. The van der Waals surface area contributed by atoms with Gasteiger partial charge in [0.1, 0.15) is 11.6 Å². The number of halogens is 3. The van der Waals surface area contributed by atoms with Crippen LogP contribution in [0.5, 0.6) is 0 Å². The van der Waals surface area contributed by atoms with Gasteiger partial charge in [-0.3, -0.25) is 9.79 Å². The van der Waals surface area contributed by atoms with Crippen LogP contribution in [0.25, 0.3) is 0 Å². The molecule has 152 valence electrons. The van der Waals surface area contributed by atoms with E-state index in [0.717, 1.165) is 11.6 Å². The van der Waals surface area contributed by atoms with Gasteiger partial charge in [-0.25, -0.2) is 8.78 Å². The minimum Gasteiger partial charge on any atom is -0.356 e. The van der Waals surface area contributed by atoms with Crippen molar-refractivity contribution >= 4 is 35.8 Å². The summed E-state index contributed by atoms with van der Waals surface area (Å²) < 4.78 is 26.4. The predicted molar refractivity (Wildman–Crippen MR) is 118 cm³/mol. The highest BCUT2D eigenvalue weighted by molar-refractivity contribution is 14.0. The molecule has 0 atom stereocenters.